The minimum Gasteiger partial charge on any atom is -0.378 e. The topological polar surface area (TPSA) is 37.4 Å². The zero-order valence-electron chi connectivity index (χ0n) is 12.8. The third kappa shape index (κ3) is 3.37. The molecule has 0 saturated heterocycles. The van der Waals surface area contributed by atoms with Gasteiger partial charge < -0.3 is 4.90 Å². The molecule has 3 nitrogen and oxygen atoms in total. The fourth-order valence-corrected chi connectivity index (χ4v) is 5.66. The number of hydrogen-bond acceptors (Lipinski definition) is 4. The van der Waals surface area contributed by atoms with Crippen molar-refractivity contribution in [3.05, 3.63) is 59.0 Å². The van der Waals surface area contributed by atoms with Crippen LogP contribution in [0, 0.1) is 0 Å². The van der Waals surface area contributed by atoms with Crippen molar-refractivity contribution in [2.24, 2.45) is 0 Å². The molecule has 1 aromatic heterocycles. The van der Waals surface area contributed by atoms with Crippen LogP contribution in [0.2, 0.25) is 0 Å². The van der Waals surface area contributed by atoms with Crippen molar-refractivity contribution < 1.29 is 8.42 Å². The molecule has 0 spiro atoms. The Morgan fingerprint density at radius 2 is 1.70 bits per heavy atom. The number of benzene rings is 2. The highest BCUT2D eigenvalue weighted by Crippen LogP contribution is 2.37. The molecule has 2 aromatic carbocycles. The van der Waals surface area contributed by atoms with Crippen LogP contribution in [0.15, 0.2) is 53.4 Å². The predicted molar refractivity (Wildman–Crippen MR) is 98.4 cm³/mol. The van der Waals surface area contributed by atoms with E-state index in [9.17, 15) is 8.42 Å². The molecule has 0 N–H and O–H groups in total. The Kier molecular flexibility index (Phi) is 4.36. The second kappa shape index (κ2) is 6.15. The SMILES string of the molecule is CN(C)c1ccc(Cc2sc3ccccc3c2S(=O)(=O)Cl)cc1. The highest BCUT2D eigenvalue weighted by Gasteiger charge is 2.22. The quantitative estimate of drug-likeness (QED) is 0.639. The number of nitrogens with zero attached hydrogens (tertiary/aromatic N) is 1. The number of hydrogen-bond donors (Lipinski definition) is 0. The molecule has 0 bridgehead atoms. The maximum absolute atomic E-state index is 12.0. The van der Waals surface area contributed by atoms with Crippen LogP contribution in [-0.2, 0) is 15.5 Å². The lowest BCUT2D eigenvalue weighted by Gasteiger charge is -2.12. The van der Waals surface area contributed by atoms with Gasteiger partial charge in [0.1, 0.15) is 4.90 Å². The first-order valence-electron chi connectivity index (χ1n) is 7.07. The lowest BCUT2D eigenvalue weighted by molar-refractivity contribution is 0.610. The third-order valence-corrected chi connectivity index (χ3v) is 6.40. The van der Waals surface area contributed by atoms with E-state index in [1.165, 1.54) is 11.3 Å². The molecule has 0 aliphatic rings. The zero-order chi connectivity index (χ0) is 16.6. The molecule has 1 heterocycles. The molecular weight excluding hydrogens is 350 g/mol. The van der Waals surface area contributed by atoms with Crippen LogP contribution >= 0.6 is 22.0 Å². The summed E-state index contributed by atoms with van der Waals surface area (Å²) in [5.74, 6) is 0. The Labute approximate surface area is 144 Å². The summed E-state index contributed by atoms with van der Waals surface area (Å²) >= 11 is 1.48. The summed E-state index contributed by atoms with van der Waals surface area (Å²) < 4.78 is 25.0. The summed E-state index contributed by atoms with van der Waals surface area (Å²) in [6.07, 6.45) is 0.550. The van der Waals surface area contributed by atoms with Crippen LogP contribution in [0.5, 0.6) is 0 Å². The van der Waals surface area contributed by atoms with Gasteiger partial charge in [-0.2, -0.15) is 0 Å². The van der Waals surface area contributed by atoms with Gasteiger partial charge in [-0.3, -0.25) is 0 Å². The molecule has 3 rings (SSSR count). The molecule has 3 aromatic rings. The summed E-state index contributed by atoms with van der Waals surface area (Å²) in [4.78, 5) is 3.05. The number of thiophene rings is 1. The van der Waals surface area contributed by atoms with Crippen molar-refractivity contribution in [2.45, 2.75) is 11.3 Å². The van der Waals surface area contributed by atoms with Gasteiger partial charge in [0.25, 0.3) is 9.05 Å². The molecular formula is C17H16ClNO2S2. The van der Waals surface area contributed by atoms with Gasteiger partial charge in [-0.15, -0.1) is 11.3 Å². The minimum atomic E-state index is -3.78. The van der Waals surface area contributed by atoms with Crippen LogP contribution in [0.1, 0.15) is 10.4 Å². The van der Waals surface area contributed by atoms with E-state index in [0.717, 1.165) is 20.8 Å². The van der Waals surface area contributed by atoms with Gasteiger partial charge >= 0.3 is 0 Å². The van der Waals surface area contributed by atoms with Gasteiger partial charge in [-0.25, -0.2) is 8.42 Å². The molecule has 0 fully saturated rings. The molecule has 0 amide bonds. The van der Waals surface area contributed by atoms with Gasteiger partial charge in [0, 0.05) is 51.8 Å². The molecule has 0 aliphatic heterocycles. The first kappa shape index (κ1) is 16.3. The molecule has 120 valence electrons. The van der Waals surface area contributed by atoms with E-state index >= 15 is 0 Å². The second-order valence-electron chi connectivity index (χ2n) is 5.53. The summed E-state index contributed by atoms with van der Waals surface area (Å²) in [6.45, 7) is 0. The van der Waals surface area contributed by atoms with Gasteiger partial charge in [-0.1, -0.05) is 30.3 Å². The maximum atomic E-state index is 12.0. The lowest BCUT2D eigenvalue weighted by atomic mass is 10.1. The first-order valence-corrected chi connectivity index (χ1v) is 10.2. The average Bonchev–Trinajstić information content (AvgIpc) is 2.85. The molecule has 0 unspecified atom stereocenters. The maximum Gasteiger partial charge on any atom is 0.263 e. The van der Waals surface area contributed by atoms with E-state index in [4.69, 9.17) is 10.7 Å². The molecule has 0 aliphatic carbocycles. The standard InChI is InChI=1S/C17H16ClNO2S2/c1-19(2)13-9-7-12(8-10-13)11-16-17(23(18,20)21)14-5-3-4-6-15(14)22-16/h3-10H,11H2,1-2H3. The van der Waals surface area contributed by atoms with Gasteiger partial charge in [-0.05, 0) is 23.8 Å². The summed E-state index contributed by atoms with van der Waals surface area (Å²) in [6, 6.07) is 15.5. The number of anilines is 1. The Morgan fingerprint density at radius 3 is 2.30 bits per heavy atom. The molecule has 0 saturated carbocycles. The van der Waals surface area contributed by atoms with Crippen molar-refractivity contribution in [3.63, 3.8) is 0 Å². The predicted octanol–water partition coefficient (Wildman–Crippen LogP) is 4.49. The number of halogens is 1. The van der Waals surface area contributed by atoms with Crippen LogP contribution < -0.4 is 4.90 Å². The van der Waals surface area contributed by atoms with Gasteiger partial charge in [0.2, 0.25) is 0 Å². The second-order valence-corrected chi connectivity index (χ2v) is 9.17. The van der Waals surface area contributed by atoms with Crippen LogP contribution in [0.4, 0.5) is 5.69 Å². The van der Waals surface area contributed by atoms with Gasteiger partial charge in [0.15, 0.2) is 0 Å². The minimum absolute atomic E-state index is 0.247. The van der Waals surface area contributed by atoms with E-state index < -0.39 is 9.05 Å². The monoisotopic (exact) mass is 365 g/mol. The van der Waals surface area contributed by atoms with Crippen molar-refractivity contribution in [1.29, 1.82) is 0 Å². The van der Waals surface area contributed by atoms with Crippen molar-refractivity contribution in [3.8, 4) is 0 Å². The van der Waals surface area contributed by atoms with Crippen molar-refractivity contribution in [1.82, 2.24) is 0 Å². The Morgan fingerprint density at radius 1 is 1.04 bits per heavy atom. The first-order chi connectivity index (χ1) is 10.9. The molecule has 0 atom stereocenters. The van der Waals surface area contributed by atoms with E-state index in [-0.39, 0.29) is 4.90 Å². The normalized spacial score (nSPS) is 11.8. The van der Waals surface area contributed by atoms with E-state index in [2.05, 4.69) is 0 Å². The average molecular weight is 366 g/mol. The number of rotatable bonds is 4. The van der Waals surface area contributed by atoms with E-state index in [1.807, 2.05) is 61.5 Å². The van der Waals surface area contributed by atoms with E-state index in [1.54, 1.807) is 6.07 Å². The molecule has 23 heavy (non-hydrogen) atoms. The van der Waals surface area contributed by atoms with E-state index in [0.29, 0.717) is 11.8 Å². The Hall–Kier alpha value is -1.56. The fraction of sp³-hybridized carbons (Fsp3) is 0.176. The zero-order valence-corrected chi connectivity index (χ0v) is 15.2. The fourth-order valence-electron chi connectivity index (χ4n) is 2.55. The van der Waals surface area contributed by atoms with Crippen LogP contribution in [0.3, 0.4) is 0 Å². The Balaban J connectivity index is 2.06. The highest BCUT2D eigenvalue weighted by molar-refractivity contribution is 8.14. The highest BCUT2D eigenvalue weighted by atomic mass is 35.7. The molecule has 0 radical (unpaired) electrons. The third-order valence-electron chi connectivity index (χ3n) is 3.68. The van der Waals surface area contributed by atoms with Crippen molar-refractivity contribution in [2.75, 3.05) is 19.0 Å². The van der Waals surface area contributed by atoms with Crippen molar-refractivity contribution >= 4 is 46.8 Å². The summed E-state index contributed by atoms with van der Waals surface area (Å²) in [5.41, 5.74) is 2.17. The molecule has 6 heteroatoms. The van der Waals surface area contributed by atoms with Crippen LogP contribution in [-0.4, -0.2) is 22.5 Å². The smallest absolute Gasteiger partial charge is 0.263 e. The van der Waals surface area contributed by atoms with Crippen LogP contribution in [0.25, 0.3) is 10.1 Å². The van der Waals surface area contributed by atoms with Gasteiger partial charge in [0.05, 0.1) is 0 Å². The summed E-state index contributed by atoms with van der Waals surface area (Å²) in [5, 5.41) is 0.701. The number of fused-ring (bicyclic) bond motifs is 1. The largest absolute Gasteiger partial charge is 0.378 e. The summed E-state index contributed by atoms with van der Waals surface area (Å²) in [7, 11) is 5.88. The Bertz CT molecular complexity index is 944. The lowest BCUT2D eigenvalue weighted by Crippen LogP contribution is -2.08.